The van der Waals surface area contributed by atoms with E-state index >= 15 is 0 Å². The van der Waals surface area contributed by atoms with Crippen LogP contribution in [0.3, 0.4) is 0 Å². The van der Waals surface area contributed by atoms with Crippen molar-refractivity contribution < 1.29 is 19.4 Å². The molecular formula is C16H20N2O4. The zero-order valence-corrected chi connectivity index (χ0v) is 12.9. The minimum Gasteiger partial charge on any atom is -0.484 e. The fraction of sp³-hybridized carbons (Fsp3) is 0.438. The van der Waals surface area contributed by atoms with Crippen LogP contribution in [0.5, 0.6) is 5.75 Å². The molecule has 0 spiro atoms. The van der Waals surface area contributed by atoms with Crippen LogP contribution in [-0.2, 0) is 9.59 Å². The smallest absolute Gasteiger partial charge is 0.305 e. The van der Waals surface area contributed by atoms with Crippen molar-refractivity contribution in [2.24, 2.45) is 5.92 Å². The third kappa shape index (κ3) is 5.09. The van der Waals surface area contributed by atoms with E-state index in [1.165, 1.54) is 0 Å². The molecule has 1 amide bonds. The Kier molecular flexibility index (Phi) is 5.93. The Hall–Kier alpha value is -2.55. The number of nitrogens with one attached hydrogen (secondary N) is 1. The number of amides is 1. The zero-order chi connectivity index (χ0) is 16.8. The summed E-state index contributed by atoms with van der Waals surface area (Å²) in [4.78, 5) is 22.9. The Balaban J connectivity index is 2.60. The van der Waals surface area contributed by atoms with E-state index in [1.54, 1.807) is 31.2 Å². The van der Waals surface area contributed by atoms with Crippen molar-refractivity contribution in [3.05, 3.63) is 29.8 Å². The van der Waals surface area contributed by atoms with E-state index < -0.39 is 11.5 Å². The normalized spacial score (nSPS) is 13.0. The lowest BCUT2D eigenvalue weighted by atomic mass is 9.85. The van der Waals surface area contributed by atoms with Crippen molar-refractivity contribution in [2.45, 2.75) is 32.7 Å². The van der Waals surface area contributed by atoms with Gasteiger partial charge in [-0.1, -0.05) is 13.8 Å². The maximum Gasteiger partial charge on any atom is 0.305 e. The maximum absolute atomic E-state index is 12.0. The third-order valence-corrected chi connectivity index (χ3v) is 3.57. The molecule has 2 N–H and O–H groups in total. The molecule has 0 fully saturated rings. The van der Waals surface area contributed by atoms with E-state index in [1.807, 2.05) is 19.9 Å². The first kappa shape index (κ1) is 17.5. The average Bonchev–Trinajstić information content (AvgIpc) is 2.44. The summed E-state index contributed by atoms with van der Waals surface area (Å²) >= 11 is 0. The molecule has 0 saturated heterocycles. The van der Waals surface area contributed by atoms with Crippen LogP contribution < -0.4 is 10.1 Å². The van der Waals surface area contributed by atoms with Crippen LogP contribution in [-0.4, -0.2) is 29.1 Å². The second-order valence-corrected chi connectivity index (χ2v) is 5.62. The molecule has 118 valence electrons. The molecule has 0 aliphatic carbocycles. The van der Waals surface area contributed by atoms with Gasteiger partial charge in [-0.3, -0.25) is 9.59 Å². The lowest BCUT2D eigenvalue weighted by Gasteiger charge is -2.33. The van der Waals surface area contributed by atoms with E-state index in [4.69, 9.17) is 15.1 Å². The van der Waals surface area contributed by atoms with Gasteiger partial charge in [0.05, 0.1) is 23.6 Å². The van der Waals surface area contributed by atoms with Gasteiger partial charge in [0.25, 0.3) is 5.91 Å². The molecule has 1 aromatic carbocycles. The van der Waals surface area contributed by atoms with Crippen LogP contribution in [0, 0.1) is 17.2 Å². The Morgan fingerprint density at radius 1 is 1.36 bits per heavy atom. The topological polar surface area (TPSA) is 99.4 Å². The summed E-state index contributed by atoms with van der Waals surface area (Å²) in [6, 6.07) is 8.38. The number of benzene rings is 1. The van der Waals surface area contributed by atoms with Gasteiger partial charge in [-0.15, -0.1) is 0 Å². The average molecular weight is 304 g/mol. The molecule has 6 heteroatoms. The predicted octanol–water partition coefficient (Wildman–Crippen LogP) is 1.94. The minimum absolute atomic E-state index is 0.0394. The molecule has 1 unspecified atom stereocenters. The highest BCUT2D eigenvalue weighted by Gasteiger charge is 2.32. The fourth-order valence-corrected chi connectivity index (χ4v) is 1.84. The molecule has 0 saturated carbocycles. The van der Waals surface area contributed by atoms with Crippen molar-refractivity contribution in [3.8, 4) is 11.8 Å². The first-order chi connectivity index (χ1) is 10.3. The van der Waals surface area contributed by atoms with Gasteiger partial charge in [-0.25, -0.2) is 0 Å². The number of carbonyl (C=O) groups is 2. The Morgan fingerprint density at radius 2 is 1.95 bits per heavy atom. The van der Waals surface area contributed by atoms with Gasteiger partial charge in [-0.05, 0) is 37.1 Å². The number of hydrogen-bond donors (Lipinski definition) is 2. The van der Waals surface area contributed by atoms with Crippen molar-refractivity contribution in [3.63, 3.8) is 0 Å². The number of ether oxygens (including phenoxy) is 1. The highest BCUT2D eigenvalue weighted by molar-refractivity contribution is 5.79. The van der Waals surface area contributed by atoms with Gasteiger partial charge in [0, 0.05) is 0 Å². The number of rotatable bonds is 7. The van der Waals surface area contributed by atoms with Crippen molar-refractivity contribution in [1.82, 2.24) is 5.32 Å². The van der Waals surface area contributed by atoms with Crippen molar-refractivity contribution >= 4 is 11.9 Å². The lowest BCUT2D eigenvalue weighted by Crippen LogP contribution is -2.52. The number of hydrogen-bond acceptors (Lipinski definition) is 4. The molecule has 0 heterocycles. The molecule has 0 radical (unpaired) electrons. The maximum atomic E-state index is 12.0. The number of carbonyl (C=O) groups excluding carboxylic acids is 1. The number of carboxylic acids is 1. The van der Waals surface area contributed by atoms with Crippen LogP contribution in [0.1, 0.15) is 32.8 Å². The number of carboxylic acid groups (broad SMARTS) is 1. The highest BCUT2D eigenvalue weighted by atomic mass is 16.5. The van der Waals surface area contributed by atoms with Crippen LogP contribution in [0.15, 0.2) is 24.3 Å². The van der Waals surface area contributed by atoms with E-state index in [9.17, 15) is 9.59 Å². The summed E-state index contributed by atoms with van der Waals surface area (Å²) in [6.45, 7) is 5.19. The van der Waals surface area contributed by atoms with E-state index in [2.05, 4.69) is 5.32 Å². The Morgan fingerprint density at radius 3 is 2.41 bits per heavy atom. The minimum atomic E-state index is -0.968. The van der Waals surface area contributed by atoms with Crippen LogP contribution >= 0.6 is 0 Å². The monoisotopic (exact) mass is 304 g/mol. The standard InChI is InChI=1S/C16H20N2O4/c1-11(2)16(3,8-15(20)21)18-14(19)10-22-13-6-4-12(9-17)5-7-13/h4-7,11H,8,10H2,1-3H3,(H,18,19)(H,20,21). The Labute approximate surface area is 129 Å². The number of nitriles is 1. The molecule has 1 rings (SSSR count). The predicted molar refractivity (Wildman–Crippen MR) is 80.3 cm³/mol. The van der Waals surface area contributed by atoms with Crippen molar-refractivity contribution in [2.75, 3.05) is 6.61 Å². The molecule has 0 bridgehead atoms. The van der Waals surface area contributed by atoms with Gasteiger partial charge in [0.1, 0.15) is 5.75 Å². The summed E-state index contributed by atoms with van der Waals surface area (Å²) < 4.78 is 5.33. The molecule has 0 aromatic heterocycles. The summed E-state index contributed by atoms with van der Waals surface area (Å²) in [7, 11) is 0. The third-order valence-electron chi connectivity index (χ3n) is 3.57. The van der Waals surface area contributed by atoms with Gasteiger partial charge >= 0.3 is 5.97 Å². The molecule has 1 atom stereocenters. The quantitative estimate of drug-likeness (QED) is 0.802. The Bertz CT molecular complexity index is 575. The molecule has 1 aromatic rings. The first-order valence-electron chi connectivity index (χ1n) is 6.92. The van der Waals surface area contributed by atoms with E-state index in [-0.39, 0.29) is 24.9 Å². The summed E-state index contributed by atoms with van der Waals surface area (Å²) in [5.41, 5.74) is -0.331. The molecule has 6 nitrogen and oxygen atoms in total. The number of nitrogens with zero attached hydrogens (tertiary/aromatic N) is 1. The molecule has 0 aliphatic heterocycles. The van der Waals surface area contributed by atoms with Gasteiger partial charge in [0.2, 0.25) is 0 Å². The van der Waals surface area contributed by atoms with E-state index in [0.717, 1.165) is 0 Å². The largest absolute Gasteiger partial charge is 0.484 e. The van der Waals surface area contributed by atoms with Crippen LogP contribution in [0.25, 0.3) is 0 Å². The summed E-state index contributed by atoms with van der Waals surface area (Å²) in [6.07, 6.45) is -0.159. The van der Waals surface area contributed by atoms with Crippen molar-refractivity contribution in [1.29, 1.82) is 5.26 Å². The van der Waals surface area contributed by atoms with E-state index in [0.29, 0.717) is 11.3 Å². The summed E-state index contributed by atoms with van der Waals surface area (Å²) in [5.74, 6) is -0.924. The summed E-state index contributed by atoms with van der Waals surface area (Å²) in [5, 5.41) is 20.4. The molecular weight excluding hydrogens is 284 g/mol. The van der Waals surface area contributed by atoms with Gasteiger partial charge < -0.3 is 15.2 Å². The lowest BCUT2D eigenvalue weighted by molar-refractivity contribution is -0.139. The fourth-order valence-electron chi connectivity index (χ4n) is 1.84. The van der Waals surface area contributed by atoms with Crippen LogP contribution in [0.4, 0.5) is 0 Å². The molecule has 0 aliphatic rings. The zero-order valence-electron chi connectivity index (χ0n) is 12.9. The molecule has 22 heavy (non-hydrogen) atoms. The second-order valence-electron chi connectivity index (χ2n) is 5.62. The highest BCUT2D eigenvalue weighted by Crippen LogP contribution is 2.21. The van der Waals surface area contributed by atoms with Gasteiger partial charge in [0.15, 0.2) is 6.61 Å². The van der Waals surface area contributed by atoms with Gasteiger partial charge in [-0.2, -0.15) is 5.26 Å². The van der Waals surface area contributed by atoms with Crippen LogP contribution in [0.2, 0.25) is 0 Å². The second kappa shape index (κ2) is 7.46. The SMILES string of the molecule is CC(C)C(C)(CC(=O)O)NC(=O)COc1ccc(C#N)cc1. The number of aliphatic carboxylic acids is 1. The first-order valence-corrected chi connectivity index (χ1v) is 6.92.